The standard InChI is InChI=1S/C12H13N5O2/c13-5-8(6-14-3-4-18)10-11-9(1-2-15-10)12(19)17-7-16-11/h1-2,5-7,18H,3-4,13H2,(H,16,17,19). The molecule has 2 rings (SSSR count). The van der Waals surface area contributed by atoms with Crippen molar-refractivity contribution in [2.24, 2.45) is 10.7 Å². The summed E-state index contributed by atoms with van der Waals surface area (Å²) < 4.78 is 0. The lowest BCUT2D eigenvalue weighted by Crippen LogP contribution is -2.08. The second-order valence-electron chi connectivity index (χ2n) is 3.67. The van der Waals surface area contributed by atoms with Crippen LogP contribution < -0.4 is 11.3 Å². The van der Waals surface area contributed by atoms with E-state index in [0.29, 0.717) is 22.2 Å². The third kappa shape index (κ3) is 2.66. The van der Waals surface area contributed by atoms with E-state index in [4.69, 9.17) is 10.8 Å². The summed E-state index contributed by atoms with van der Waals surface area (Å²) in [5, 5.41) is 9.13. The molecule has 0 fully saturated rings. The van der Waals surface area contributed by atoms with Gasteiger partial charge in [-0.3, -0.25) is 14.8 Å². The molecule has 0 aromatic carbocycles. The van der Waals surface area contributed by atoms with Crippen molar-refractivity contribution >= 4 is 22.7 Å². The van der Waals surface area contributed by atoms with Gasteiger partial charge in [-0.2, -0.15) is 0 Å². The number of hydrogen-bond donors (Lipinski definition) is 3. The molecule has 19 heavy (non-hydrogen) atoms. The Bertz CT molecular complexity index is 690. The topological polar surface area (TPSA) is 117 Å². The summed E-state index contributed by atoms with van der Waals surface area (Å²) in [7, 11) is 0. The highest BCUT2D eigenvalue weighted by atomic mass is 16.3. The van der Waals surface area contributed by atoms with Crippen molar-refractivity contribution in [3.8, 4) is 0 Å². The maximum absolute atomic E-state index is 11.7. The molecule has 0 saturated carbocycles. The Morgan fingerprint density at radius 1 is 1.53 bits per heavy atom. The SMILES string of the molecule is NC=C(C=NCCO)c1nccc2c(=O)[nH]cnc12. The molecular weight excluding hydrogens is 246 g/mol. The summed E-state index contributed by atoms with van der Waals surface area (Å²) in [5.41, 5.74) is 6.78. The number of allylic oxidation sites excluding steroid dienone is 1. The van der Waals surface area contributed by atoms with Crippen LogP contribution in [0.4, 0.5) is 0 Å². The van der Waals surface area contributed by atoms with Crippen LogP contribution in [0.25, 0.3) is 16.5 Å². The lowest BCUT2D eigenvalue weighted by Gasteiger charge is -2.03. The lowest BCUT2D eigenvalue weighted by molar-refractivity contribution is 0.307. The average molecular weight is 259 g/mol. The molecule has 0 atom stereocenters. The first kappa shape index (κ1) is 12.9. The summed E-state index contributed by atoms with van der Waals surface area (Å²) in [6.07, 6.45) is 5.67. The maximum Gasteiger partial charge on any atom is 0.258 e. The van der Waals surface area contributed by atoms with Gasteiger partial charge in [-0.1, -0.05) is 0 Å². The van der Waals surface area contributed by atoms with Crippen LogP contribution in [0.15, 0.2) is 34.6 Å². The molecule has 0 aliphatic heterocycles. The first-order valence-corrected chi connectivity index (χ1v) is 5.63. The van der Waals surface area contributed by atoms with Crippen LogP contribution >= 0.6 is 0 Å². The van der Waals surface area contributed by atoms with Gasteiger partial charge in [0.05, 0.1) is 30.6 Å². The summed E-state index contributed by atoms with van der Waals surface area (Å²) in [6, 6.07) is 1.59. The minimum absolute atomic E-state index is 0.0464. The molecule has 0 radical (unpaired) electrons. The van der Waals surface area contributed by atoms with Crippen molar-refractivity contribution in [3.63, 3.8) is 0 Å². The van der Waals surface area contributed by atoms with Gasteiger partial charge in [0, 0.05) is 24.2 Å². The van der Waals surface area contributed by atoms with Gasteiger partial charge in [-0.25, -0.2) is 4.98 Å². The molecule has 0 aliphatic carbocycles. The zero-order valence-corrected chi connectivity index (χ0v) is 10.1. The van der Waals surface area contributed by atoms with E-state index in [1.54, 1.807) is 6.07 Å². The van der Waals surface area contributed by atoms with E-state index in [9.17, 15) is 4.79 Å². The number of nitrogens with two attached hydrogens (primary N) is 1. The maximum atomic E-state index is 11.7. The minimum atomic E-state index is -0.239. The number of fused-ring (bicyclic) bond motifs is 1. The molecule has 2 aromatic heterocycles. The number of aromatic nitrogens is 3. The molecule has 0 bridgehead atoms. The summed E-state index contributed by atoms with van der Waals surface area (Å²) in [5.74, 6) is 0. The molecule has 0 spiro atoms. The normalized spacial score (nSPS) is 12.4. The molecule has 0 saturated heterocycles. The number of rotatable bonds is 4. The predicted molar refractivity (Wildman–Crippen MR) is 72.8 cm³/mol. The summed E-state index contributed by atoms with van der Waals surface area (Å²) >= 11 is 0. The van der Waals surface area contributed by atoms with Crippen molar-refractivity contribution < 1.29 is 5.11 Å². The van der Waals surface area contributed by atoms with Crippen LogP contribution in [-0.2, 0) is 0 Å². The second kappa shape index (κ2) is 5.87. The van der Waals surface area contributed by atoms with E-state index < -0.39 is 0 Å². The Hall–Kier alpha value is -2.54. The number of hydrogen-bond acceptors (Lipinski definition) is 6. The van der Waals surface area contributed by atoms with E-state index in [1.165, 1.54) is 24.9 Å². The molecule has 4 N–H and O–H groups in total. The smallest absolute Gasteiger partial charge is 0.258 e. The van der Waals surface area contributed by atoms with Crippen LogP contribution in [0.3, 0.4) is 0 Å². The van der Waals surface area contributed by atoms with E-state index in [2.05, 4.69) is 19.9 Å². The van der Waals surface area contributed by atoms with Crippen LogP contribution in [0, 0.1) is 0 Å². The van der Waals surface area contributed by atoms with Crippen molar-refractivity contribution in [1.29, 1.82) is 0 Å². The van der Waals surface area contributed by atoms with Crippen LogP contribution in [0.5, 0.6) is 0 Å². The molecule has 2 aromatic rings. The molecule has 0 unspecified atom stereocenters. The van der Waals surface area contributed by atoms with E-state index in [-0.39, 0.29) is 18.7 Å². The number of nitrogens with zero attached hydrogens (tertiary/aromatic N) is 3. The van der Waals surface area contributed by atoms with Gasteiger partial charge < -0.3 is 15.8 Å². The fraction of sp³-hybridized carbons (Fsp3) is 0.167. The first-order chi connectivity index (χ1) is 9.27. The predicted octanol–water partition coefficient (Wildman–Crippen LogP) is -0.319. The van der Waals surface area contributed by atoms with Gasteiger partial charge in [-0.15, -0.1) is 0 Å². The number of nitrogens with one attached hydrogen (secondary N) is 1. The molecule has 7 heteroatoms. The number of aliphatic hydroxyl groups is 1. The van der Waals surface area contributed by atoms with Crippen LogP contribution in [-0.4, -0.2) is 39.4 Å². The van der Waals surface area contributed by atoms with E-state index >= 15 is 0 Å². The minimum Gasteiger partial charge on any atom is -0.404 e. The lowest BCUT2D eigenvalue weighted by atomic mass is 10.1. The van der Waals surface area contributed by atoms with Gasteiger partial charge in [0.1, 0.15) is 5.52 Å². The molecule has 0 amide bonds. The number of aromatic amines is 1. The highest BCUT2D eigenvalue weighted by molar-refractivity contribution is 6.12. The Kier molecular flexibility index (Phi) is 3.99. The van der Waals surface area contributed by atoms with Crippen molar-refractivity contribution in [2.45, 2.75) is 0 Å². The van der Waals surface area contributed by atoms with E-state index in [1.807, 2.05) is 0 Å². The van der Waals surface area contributed by atoms with Crippen molar-refractivity contribution in [2.75, 3.05) is 13.2 Å². The zero-order chi connectivity index (χ0) is 13.7. The molecule has 2 heterocycles. The third-order valence-electron chi connectivity index (χ3n) is 2.47. The van der Waals surface area contributed by atoms with Crippen LogP contribution in [0.1, 0.15) is 5.69 Å². The average Bonchev–Trinajstić information content (AvgIpc) is 2.44. The number of aliphatic imine (C=N–C) groups is 1. The van der Waals surface area contributed by atoms with Crippen molar-refractivity contribution in [1.82, 2.24) is 15.0 Å². The third-order valence-corrected chi connectivity index (χ3v) is 2.47. The highest BCUT2D eigenvalue weighted by Gasteiger charge is 2.09. The fourth-order valence-electron chi connectivity index (χ4n) is 1.62. The Balaban J connectivity index is 2.56. The second-order valence-corrected chi connectivity index (χ2v) is 3.67. The van der Waals surface area contributed by atoms with Crippen LogP contribution in [0.2, 0.25) is 0 Å². The van der Waals surface area contributed by atoms with Gasteiger partial charge in [0.2, 0.25) is 0 Å². The van der Waals surface area contributed by atoms with Gasteiger partial charge >= 0.3 is 0 Å². The fourth-order valence-corrected chi connectivity index (χ4v) is 1.62. The van der Waals surface area contributed by atoms with Gasteiger partial charge in [0.25, 0.3) is 5.56 Å². The van der Waals surface area contributed by atoms with E-state index in [0.717, 1.165) is 0 Å². The summed E-state index contributed by atoms with van der Waals surface area (Å²) in [4.78, 5) is 26.4. The first-order valence-electron chi connectivity index (χ1n) is 5.63. The highest BCUT2D eigenvalue weighted by Crippen LogP contribution is 2.16. The zero-order valence-electron chi connectivity index (χ0n) is 10.1. The molecular formula is C12H13N5O2. The Morgan fingerprint density at radius 3 is 3.11 bits per heavy atom. The molecule has 7 nitrogen and oxygen atoms in total. The van der Waals surface area contributed by atoms with Gasteiger partial charge in [0.15, 0.2) is 0 Å². The largest absolute Gasteiger partial charge is 0.404 e. The van der Waals surface area contributed by atoms with Gasteiger partial charge in [-0.05, 0) is 6.07 Å². The number of aliphatic hydroxyl groups excluding tert-OH is 1. The number of H-pyrrole nitrogens is 1. The Labute approximate surface area is 108 Å². The molecule has 0 aliphatic rings. The summed E-state index contributed by atoms with van der Waals surface area (Å²) in [6.45, 7) is 0.228. The van der Waals surface area contributed by atoms with Crippen molar-refractivity contribution in [3.05, 3.63) is 40.8 Å². The number of pyridine rings is 1. The quantitative estimate of drug-likeness (QED) is 0.650. The Morgan fingerprint density at radius 2 is 2.37 bits per heavy atom. The molecule has 98 valence electrons. The monoisotopic (exact) mass is 259 g/mol.